The molecule has 0 aliphatic heterocycles. The molecule has 7 heteroatoms. The number of nitrogens with zero attached hydrogens (tertiary/aromatic N) is 1. The second-order valence-corrected chi connectivity index (χ2v) is 5.09. The molecule has 21 heavy (non-hydrogen) atoms. The predicted octanol–water partition coefficient (Wildman–Crippen LogP) is 3.57. The van der Waals surface area contributed by atoms with Gasteiger partial charge in [-0.3, -0.25) is 4.57 Å². The van der Waals surface area contributed by atoms with Crippen LogP contribution in [0.15, 0.2) is 27.4 Å². The maximum absolute atomic E-state index is 11.9. The van der Waals surface area contributed by atoms with Crippen LogP contribution in [0, 0.1) is 0 Å². The molecule has 0 aliphatic carbocycles. The van der Waals surface area contributed by atoms with E-state index < -0.39 is 18.8 Å². The molecule has 0 aliphatic rings. The fourth-order valence-corrected chi connectivity index (χ4v) is 2.33. The lowest BCUT2D eigenvalue weighted by Gasteiger charge is -2.10. The lowest BCUT2D eigenvalue weighted by molar-refractivity contribution is 0.0165. The van der Waals surface area contributed by atoms with E-state index >= 15 is 0 Å². The molecule has 1 unspecified atom stereocenters. The maximum atomic E-state index is 11.9. The molecule has 0 radical (unpaired) electrons. The number of hydrogen-bond donors (Lipinski definition) is 0. The van der Waals surface area contributed by atoms with Gasteiger partial charge in [0.25, 0.3) is 6.43 Å². The van der Waals surface area contributed by atoms with Crippen LogP contribution in [-0.2, 0) is 11.3 Å². The molecule has 1 aromatic carbocycles. The monoisotopic (exact) mass is 319 g/mol. The van der Waals surface area contributed by atoms with Crippen molar-refractivity contribution in [2.45, 2.75) is 31.7 Å². The van der Waals surface area contributed by atoms with Crippen LogP contribution in [0.2, 0.25) is 0 Å². The van der Waals surface area contributed by atoms with E-state index in [-0.39, 0.29) is 12.0 Å². The Morgan fingerprint density at radius 3 is 2.86 bits per heavy atom. The maximum Gasteiger partial charge on any atom is 0.419 e. The highest BCUT2D eigenvalue weighted by Gasteiger charge is 2.13. The van der Waals surface area contributed by atoms with Crippen molar-refractivity contribution in [2.24, 2.45) is 0 Å². The van der Waals surface area contributed by atoms with E-state index in [0.717, 1.165) is 5.56 Å². The zero-order valence-electron chi connectivity index (χ0n) is 11.5. The summed E-state index contributed by atoms with van der Waals surface area (Å²) in [5.41, 5.74) is 1.95. The molecule has 0 N–H and O–H groups in total. The van der Waals surface area contributed by atoms with E-state index in [9.17, 15) is 13.6 Å². The number of oxazole rings is 1. The summed E-state index contributed by atoms with van der Waals surface area (Å²) in [6.45, 7) is 1.94. The van der Waals surface area contributed by atoms with Crippen molar-refractivity contribution >= 4 is 22.7 Å². The van der Waals surface area contributed by atoms with Crippen LogP contribution in [-0.4, -0.2) is 24.2 Å². The second-order valence-electron chi connectivity index (χ2n) is 4.56. The number of benzene rings is 1. The Morgan fingerprint density at radius 2 is 2.19 bits per heavy atom. The summed E-state index contributed by atoms with van der Waals surface area (Å²) in [5.74, 6) is -0.406. The molecule has 1 heterocycles. The molecular weight excluding hydrogens is 304 g/mol. The quantitative estimate of drug-likeness (QED) is 0.579. The van der Waals surface area contributed by atoms with Crippen molar-refractivity contribution in [3.63, 3.8) is 0 Å². The molecule has 0 amide bonds. The van der Waals surface area contributed by atoms with Crippen molar-refractivity contribution in [1.82, 2.24) is 4.57 Å². The third-order valence-electron chi connectivity index (χ3n) is 3.13. The minimum atomic E-state index is -2.47. The summed E-state index contributed by atoms with van der Waals surface area (Å²) in [6.07, 6.45) is -2.07. The highest BCUT2D eigenvalue weighted by molar-refractivity contribution is 6.20. The number of hydrogen-bond acceptors (Lipinski definition) is 3. The molecule has 2 aromatic rings. The molecule has 0 bridgehead atoms. The Kier molecular flexibility index (Phi) is 5.36. The summed E-state index contributed by atoms with van der Waals surface area (Å²) >= 11 is 6.21. The number of ether oxygens (including phenoxy) is 1. The lowest BCUT2D eigenvalue weighted by atomic mass is 10.1. The summed E-state index contributed by atoms with van der Waals surface area (Å²) < 4.78 is 35.3. The normalized spacial score (nSPS) is 13.2. The van der Waals surface area contributed by atoms with Crippen molar-refractivity contribution in [3.05, 3.63) is 34.3 Å². The molecule has 2 rings (SSSR count). The third-order valence-corrected chi connectivity index (χ3v) is 3.60. The Balaban J connectivity index is 2.06. The number of rotatable bonds is 7. The van der Waals surface area contributed by atoms with E-state index in [1.165, 1.54) is 4.57 Å². The molecule has 0 saturated heterocycles. The summed E-state index contributed by atoms with van der Waals surface area (Å²) in [6, 6.07) is 5.27. The van der Waals surface area contributed by atoms with Crippen LogP contribution in [0.1, 0.15) is 24.3 Å². The van der Waals surface area contributed by atoms with Gasteiger partial charge in [0.2, 0.25) is 0 Å². The number of aryl methyl sites for hydroxylation is 1. The van der Waals surface area contributed by atoms with Crippen LogP contribution in [0.3, 0.4) is 0 Å². The van der Waals surface area contributed by atoms with Gasteiger partial charge in [0, 0.05) is 13.2 Å². The van der Waals surface area contributed by atoms with Crippen molar-refractivity contribution < 1.29 is 17.9 Å². The first kappa shape index (κ1) is 16.0. The largest absolute Gasteiger partial charge is 0.419 e. The van der Waals surface area contributed by atoms with Crippen LogP contribution >= 0.6 is 11.6 Å². The Labute approximate surface area is 125 Å². The van der Waals surface area contributed by atoms with Crippen LogP contribution in [0.4, 0.5) is 8.78 Å². The fourth-order valence-electron chi connectivity index (χ4n) is 2.10. The first-order valence-electron chi connectivity index (χ1n) is 6.66. The van der Waals surface area contributed by atoms with Gasteiger partial charge in [0.05, 0.1) is 10.9 Å². The van der Waals surface area contributed by atoms with Gasteiger partial charge in [-0.05, 0) is 31.0 Å². The standard InChI is InChI=1S/C14H16ClF2NO3/c1-2-18-11-4-3-9(7-12(11)21-14(18)19)10(15)5-6-20-8-13(16)17/h3-4,7,10,13H,2,5-6,8H2,1H3. The number of alkyl halides is 3. The van der Waals surface area contributed by atoms with Gasteiger partial charge >= 0.3 is 5.76 Å². The average Bonchev–Trinajstić information content (AvgIpc) is 2.77. The SMILES string of the molecule is CCn1c(=O)oc2cc(C(Cl)CCOCC(F)F)ccc21. The minimum Gasteiger partial charge on any atom is -0.408 e. The zero-order valence-corrected chi connectivity index (χ0v) is 12.3. The van der Waals surface area contributed by atoms with Gasteiger partial charge < -0.3 is 9.15 Å². The molecule has 1 aromatic heterocycles. The molecule has 0 spiro atoms. The Hall–Kier alpha value is -1.40. The van der Waals surface area contributed by atoms with Crippen molar-refractivity contribution in [3.8, 4) is 0 Å². The molecule has 0 saturated carbocycles. The van der Waals surface area contributed by atoms with E-state index in [2.05, 4.69) is 0 Å². The van der Waals surface area contributed by atoms with Gasteiger partial charge in [-0.2, -0.15) is 0 Å². The highest BCUT2D eigenvalue weighted by atomic mass is 35.5. The summed E-state index contributed by atoms with van der Waals surface area (Å²) in [5, 5.41) is -0.387. The van der Waals surface area contributed by atoms with Crippen LogP contribution in [0.25, 0.3) is 11.1 Å². The Bertz CT molecular complexity index is 653. The van der Waals surface area contributed by atoms with Crippen molar-refractivity contribution in [1.29, 1.82) is 0 Å². The first-order valence-corrected chi connectivity index (χ1v) is 7.09. The number of aromatic nitrogens is 1. The molecule has 1 atom stereocenters. The minimum absolute atomic E-state index is 0.149. The number of fused-ring (bicyclic) bond motifs is 1. The smallest absolute Gasteiger partial charge is 0.408 e. The van der Waals surface area contributed by atoms with E-state index in [1.54, 1.807) is 18.2 Å². The summed E-state index contributed by atoms with van der Waals surface area (Å²) in [7, 11) is 0. The third kappa shape index (κ3) is 3.83. The van der Waals surface area contributed by atoms with Crippen LogP contribution in [0.5, 0.6) is 0 Å². The van der Waals surface area contributed by atoms with Crippen LogP contribution < -0.4 is 5.76 Å². The molecule has 0 fully saturated rings. The zero-order chi connectivity index (χ0) is 15.4. The molecule has 116 valence electrons. The highest BCUT2D eigenvalue weighted by Crippen LogP contribution is 2.27. The van der Waals surface area contributed by atoms with Gasteiger partial charge in [-0.15, -0.1) is 11.6 Å². The Morgan fingerprint density at radius 1 is 1.43 bits per heavy atom. The van der Waals surface area contributed by atoms with E-state index in [1.807, 2.05) is 6.92 Å². The average molecular weight is 320 g/mol. The topological polar surface area (TPSA) is 44.4 Å². The lowest BCUT2D eigenvalue weighted by Crippen LogP contribution is -2.11. The van der Waals surface area contributed by atoms with Gasteiger partial charge in [0.15, 0.2) is 5.58 Å². The van der Waals surface area contributed by atoms with E-state index in [4.69, 9.17) is 20.8 Å². The van der Waals surface area contributed by atoms with Crippen molar-refractivity contribution in [2.75, 3.05) is 13.2 Å². The predicted molar refractivity (Wildman–Crippen MR) is 76.2 cm³/mol. The molecular formula is C14H16ClF2NO3. The fraction of sp³-hybridized carbons (Fsp3) is 0.500. The summed E-state index contributed by atoms with van der Waals surface area (Å²) in [4.78, 5) is 11.6. The van der Waals surface area contributed by atoms with Gasteiger partial charge in [-0.1, -0.05) is 6.07 Å². The van der Waals surface area contributed by atoms with E-state index in [0.29, 0.717) is 24.1 Å². The number of halogens is 3. The first-order chi connectivity index (χ1) is 10.0. The van der Waals surface area contributed by atoms with Gasteiger partial charge in [0.1, 0.15) is 6.61 Å². The molecule has 4 nitrogen and oxygen atoms in total. The second kappa shape index (κ2) is 7.04. The van der Waals surface area contributed by atoms with Gasteiger partial charge in [-0.25, -0.2) is 13.6 Å².